The van der Waals surface area contributed by atoms with Gasteiger partial charge < -0.3 is 14.7 Å². The molecule has 96 valence electrons. The van der Waals surface area contributed by atoms with Gasteiger partial charge >= 0.3 is 0 Å². The van der Waals surface area contributed by atoms with Crippen LogP contribution < -0.4 is 10.9 Å². The molecule has 0 spiro atoms. The number of nitrogens with one attached hydrogen (secondary N) is 2. The van der Waals surface area contributed by atoms with Crippen LogP contribution in [0.15, 0.2) is 27.8 Å². The lowest BCUT2D eigenvalue weighted by molar-refractivity contribution is 0.542. The molecular formula is C13H17N3O2. The minimum Gasteiger partial charge on any atom is -0.472 e. The van der Waals surface area contributed by atoms with Gasteiger partial charge in [-0.3, -0.25) is 4.79 Å². The zero-order valence-corrected chi connectivity index (χ0v) is 10.8. The van der Waals surface area contributed by atoms with Crippen molar-refractivity contribution in [1.82, 2.24) is 15.3 Å². The molecule has 18 heavy (non-hydrogen) atoms. The number of aromatic amines is 1. The van der Waals surface area contributed by atoms with Crippen LogP contribution in [0.5, 0.6) is 0 Å². The average Bonchev–Trinajstić information content (AvgIpc) is 2.77. The Balaban J connectivity index is 2.14. The number of rotatable bonds is 4. The maximum Gasteiger partial charge on any atom is 0.255 e. The number of hydrogen-bond donors (Lipinski definition) is 2. The minimum absolute atomic E-state index is 0.0586. The summed E-state index contributed by atoms with van der Waals surface area (Å²) >= 11 is 0. The van der Waals surface area contributed by atoms with Gasteiger partial charge in [0.1, 0.15) is 5.82 Å². The van der Waals surface area contributed by atoms with Crippen molar-refractivity contribution in [3.8, 4) is 0 Å². The molecule has 0 aliphatic heterocycles. The van der Waals surface area contributed by atoms with E-state index in [0.29, 0.717) is 17.9 Å². The van der Waals surface area contributed by atoms with E-state index < -0.39 is 0 Å². The summed E-state index contributed by atoms with van der Waals surface area (Å²) < 4.78 is 5.00. The highest BCUT2D eigenvalue weighted by Gasteiger charge is 2.14. The second-order valence-electron chi connectivity index (χ2n) is 4.38. The third-order valence-corrected chi connectivity index (χ3v) is 2.89. The number of aryl methyl sites for hydroxylation is 2. The third-order valence-electron chi connectivity index (χ3n) is 2.89. The van der Waals surface area contributed by atoms with Crippen molar-refractivity contribution in [3.05, 3.63) is 51.6 Å². The fourth-order valence-corrected chi connectivity index (χ4v) is 2.01. The van der Waals surface area contributed by atoms with Crippen LogP contribution in [0, 0.1) is 13.8 Å². The Morgan fingerprint density at radius 2 is 2.28 bits per heavy atom. The molecule has 0 fully saturated rings. The van der Waals surface area contributed by atoms with Crippen molar-refractivity contribution in [3.63, 3.8) is 0 Å². The number of furan rings is 1. The van der Waals surface area contributed by atoms with Crippen LogP contribution in [0.2, 0.25) is 0 Å². The van der Waals surface area contributed by atoms with E-state index in [1.54, 1.807) is 19.5 Å². The van der Waals surface area contributed by atoms with Gasteiger partial charge in [-0.05, 0) is 26.8 Å². The molecule has 1 unspecified atom stereocenters. The molecule has 0 bridgehead atoms. The molecule has 2 aromatic heterocycles. The Morgan fingerprint density at radius 1 is 1.50 bits per heavy atom. The predicted octanol–water partition coefficient (Wildman–Crippen LogP) is 1.83. The molecule has 1 atom stereocenters. The van der Waals surface area contributed by atoms with Crippen LogP contribution in [0.3, 0.4) is 0 Å². The molecule has 0 amide bonds. The molecule has 2 rings (SSSR count). The highest BCUT2D eigenvalue weighted by Crippen LogP contribution is 2.12. The second kappa shape index (κ2) is 5.18. The zero-order chi connectivity index (χ0) is 13.1. The molecule has 0 saturated heterocycles. The molecular weight excluding hydrogens is 230 g/mol. The number of aromatic nitrogens is 2. The van der Waals surface area contributed by atoms with Gasteiger partial charge in [0, 0.05) is 23.8 Å². The first-order valence-electron chi connectivity index (χ1n) is 5.90. The van der Waals surface area contributed by atoms with Gasteiger partial charge in [0.25, 0.3) is 5.56 Å². The summed E-state index contributed by atoms with van der Waals surface area (Å²) in [5.41, 5.74) is 2.43. The van der Waals surface area contributed by atoms with Gasteiger partial charge in [-0.2, -0.15) is 0 Å². The van der Waals surface area contributed by atoms with Gasteiger partial charge in [-0.25, -0.2) is 4.98 Å². The van der Waals surface area contributed by atoms with Gasteiger partial charge in [0.15, 0.2) is 0 Å². The van der Waals surface area contributed by atoms with Crippen molar-refractivity contribution in [2.45, 2.75) is 33.4 Å². The van der Waals surface area contributed by atoms with Crippen molar-refractivity contribution in [2.24, 2.45) is 0 Å². The van der Waals surface area contributed by atoms with E-state index in [-0.39, 0.29) is 11.6 Å². The fourth-order valence-electron chi connectivity index (χ4n) is 2.01. The van der Waals surface area contributed by atoms with E-state index in [0.717, 1.165) is 11.3 Å². The van der Waals surface area contributed by atoms with E-state index in [2.05, 4.69) is 15.3 Å². The summed E-state index contributed by atoms with van der Waals surface area (Å²) in [4.78, 5) is 18.9. The lowest BCUT2D eigenvalue weighted by atomic mass is 10.1. The topological polar surface area (TPSA) is 70.9 Å². The highest BCUT2D eigenvalue weighted by molar-refractivity contribution is 5.20. The zero-order valence-electron chi connectivity index (χ0n) is 10.8. The highest BCUT2D eigenvalue weighted by atomic mass is 16.3. The first-order chi connectivity index (χ1) is 8.58. The van der Waals surface area contributed by atoms with Gasteiger partial charge in [0.05, 0.1) is 18.1 Å². The summed E-state index contributed by atoms with van der Waals surface area (Å²) in [5.74, 6) is 0.642. The second-order valence-corrected chi connectivity index (χ2v) is 4.38. The SMILES string of the molecule is Cc1nc(C)c(C(C)NCc2ccoc2)c(=O)[nH]1. The Kier molecular flexibility index (Phi) is 3.62. The molecule has 2 N–H and O–H groups in total. The predicted molar refractivity (Wildman–Crippen MR) is 68.3 cm³/mol. The number of hydrogen-bond acceptors (Lipinski definition) is 4. The summed E-state index contributed by atoms with van der Waals surface area (Å²) in [7, 11) is 0. The lowest BCUT2D eigenvalue weighted by Gasteiger charge is -2.14. The molecule has 0 radical (unpaired) electrons. The van der Waals surface area contributed by atoms with Crippen LogP contribution in [-0.2, 0) is 6.54 Å². The van der Waals surface area contributed by atoms with Crippen molar-refractivity contribution in [2.75, 3.05) is 0 Å². The van der Waals surface area contributed by atoms with E-state index >= 15 is 0 Å². The molecule has 0 aromatic carbocycles. The van der Waals surface area contributed by atoms with E-state index in [9.17, 15) is 4.79 Å². The van der Waals surface area contributed by atoms with Crippen LogP contribution in [0.25, 0.3) is 0 Å². The van der Waals surface area contributed by atoms with Crippen molar-refractivity contribution < 1.29 is 4.42 Å². The van der Waals surface area contributed by atoms with Gasteiger partial charge in [-0.15, -0.1) is 0 Å². The van der Waals surface area contributed by atoms with E-state index in [1.165, 1.54) is 0 Å². The largest absolute Gasteiger partial charge is 0.472 e. The van der Waals surface area contributed by atoms with Crippen molar-refractivity contribution >= 4 is 0 Å². The fraction of sp³-hybridized carbons (Fsp3) is 0.385. The van der Waals surface area contributed by atoms with E-state index in [4.69, 9.17) is 4.42 Å². The Hall–Kier alpha value is -1.88. The smallest absolute Gasteiger partial charge is 0.255 e. The van der Waals surface area contributed by atoms with Crippen LogP contribution >= 0.6 is 0 Å². The van der Waals surface area contributed by atoms with Crippen LogP contribution in [-0.4, -0.2) is 9.97 Å². The van der Waals surface area contributed by atoms with E-state index in [1.807, 2.05) is 19.9 Å². The Labute approximate surface area is 105 Å². The first kappa shape index (κ1) is 12.6. The summed E-state index contributed by atoms with van der Waals surface area (Å²) in [6, 6.07) is 1.83. The molecule has 5 nitrogen and oxygen atoms in total. The number of nitrogens with zero attached hydrogens (tertiary/aromatic N) is 1. The maximum absolute atomic E-state index is 11.9. The standard InChI is InChI=1S/C13H17N3O2/c1-8(14-6-11-4-5-18-7-11)12-9(2)15-10(3)16-13(12)17/h4-5,7-8,14H,6H2,1-3H3,(H,15,16,17). The third kappa shape index (κ3) is 2.68. The summed E-state index contributed by atoms with van der Waals surface area (Å²) in [5, 5.41) is 3.28. The molecule has 2 aromatic rings. The molecule has 5 heteroatoms. The van der Waals surface area contributed by atoms with Crippen molar-refractivity contribution in [1.29, 1.82) is 0 Å². The minimum atomic E-state index is -0.0767. The van der Waals surface area contributed by atoms with Crippen LogP contribution in [0.4, 0.5) is 0 Å². The number of H-pyrrole nitrogens is 1. The summed E-state index contributed by atoms with van der Waals surface area (Å²) in [6.45, 7) is 6.24. The molecule has 0 aliphatic rings. The Bertz CT molecular complexity index is 572. The Morgan fingerprint density at radius 3 is 2.89 bits per heavy atom. The maximum atomic E-state index is 11.9. The molecule has 0 saturated carbocycles. The molecule has 0 aliphatic carbocycles. The first-order valence-corrected chi connectivity index (χ1v) is 5.90. The lowest BCUT2D eigenvalue weighted by Crippen LogP contribution is -2.27. The summed E-state index contributed by atoms with van der Waals surface area (Å²) in [6.07, 6.45) is 3.32. The molecule has 2 heterocycles. The average molecular weight is 247 g/mol. The monoisotopic (exact) mass is 247 g/mol. The normalized spacial score (nSPS) is 12.6. The quantitative estimate of drug-likeness (QED) is 0.864. The van der Waals surface area contributed by atoms with Gasteiger partial charge in [-0.1, -0.05) is 0 Å². The van der Waals surface area contributed by atoms with Gasteiger partial charge in [0.2, 0.25) is 0 Å². The van der Waals surface area contributed by atoms with Crippen LogP contribution in [0.1, 0.15) is 35.6 Å².